The molecule has 0 aliphatic heterocycles. The summed E-state index contributed by atoms with van der Waals surface area (Å²) in [4.78, 5) is 22.7. The first-order chi connectivity index (χ1) is 23.6. The third-order valence-corrected chi connectivity index (χ3v) is 10.9. The first-order valence-electron chi connectivity index (χ1n) is 13.9. The number of Topliss-reactive ketones (excluding diaryl/α,β-unsaturated/α-hetero) is 1. The molecule has 0 unspecified atom stereocenters. The summed E-state index contributed by atoms with van der Waals surface area (Å²) in [7, 11) is -19.6. The Morgan fingerprint density at radius 3 is 1.92 bits per heavy atom. The van der Waals surface area contributed by atoms with Crippen LogP contribution in [0.3, 0.4) is 0 Å². The Morgan fingerprint density at radius 2 is 1.35 bits per heavy atom. The number of amides is 1. The molecule has 1 amide bonds. The lowest BCUT2D eigenvalue weighted by atomic mass is 9.85. The van der Waals surface area contributed by atoms with Crippen molar-refractivity contribution in [1.29, 1.82) is 0 Å². The maximum absolute atomic E-state index is 13.8. The highest BCUT2D eigenvalue weighted by atomic mass is 32.2. The van der Waals surface area contributed by atoms with Crippen molar-refractivity contribution in [3.8, 4) is 0 Å². The van der Waals surface area contributed by atoms with Crippen molar-refractivity contribution in [3.63, 3.8) is 0 Å². The van der Waals surface area contributed by atoms with Gasteiger partial charge in [-0.05, 0) is 67.4 Å². The van der Waals surface area contributed by atoms with Gasteiger partial charge in [-0.2, -0.15) is 43.9 Å². The summed E-state index contributed by atoms with van der Waals surface area (Å²) in [5.74, 6) is -1.96. The van der Waals surface area contributed by atoms with Crippen LogP contribution < -0.4 is 10.7 Å². The molecular formula is C28H23N5O14S4. The first-order valence-corrected chi connectivity index (χ1v) is 19.6. The highest BCUT2D eigenvalue weighted by Crippen LogP contribution is 2.39. The standard InChI is InChI=1S/C28H23N5O14S4/c1-14(34)29-23-10-11-24(50(42,43)44)20-13-25(51(45,46)47)27(28(35)26(20)23)33-32-22-9-8-21(18-7-6-17(12-19(18)22)49(39,40)41)31-30-15-2-4-16(5-3-15)48(36,37)38/h2-9,12-13,32H,10-11H2,1H3,(H,29,34)(H,36,37,38)(H,39,40,41)(H,42,43,44)(H,45,46,47)/b31-30+,33-27-. The van der Waals surface area contributed by atoms with Gasteiger partial charge in [0.25, 0.3) is 40.5 Å². The monoisotopic (exact) mass is 781 g/mol. The van der Waals surface area contributed by atoms with E-state index in [1.807, 2.05) is 0 Å². The molecule has 0 saturated heterocycles. The number of benzene rings is 3. The van der Waals surface area contributed by atoms with E-state index in [4.69, 9.17) is 4.55 Å². The highest BCUT2D eigenvalue weighted by molar-refractivity contribution is 7.91. The van der Waals surface area contributed by atoms with Gasteiger partial charge in [0.1, 0.15) is 4.91 Å². The number of ketones is 1. The molecule has 0 fully saturated rings. The molecule has 0 saturated carbocycles. The van der Waals surface area contributed by atoms with Crippen LogP contribution >= 0.6 is 0 Å². The summed E-state index contributed by atoms with van der Waals surface area (Å²) in [6, 6.07) is 10.4. The number of hydrogen-bond acceptors (Lipinski definition) is 14. The highest BCUT2D eigenvalue weighted by Gasteiger charge is 2.41. The Morgan fingerprint density at radius 1 is 0.725 bits per heavy atom. The molecule has 2 aliphatic carbocycles. The predicted octanol–water partition coefficient (Wildman–Crippen LogP) is 3.20. The minimum Gasteiger partial charge on any atom is -0.329 e. The van der Waals surface area contributed by atoms with Gasteiger partial charge in [-0.3, -0.25) is 33.2 Å². The van der Waals surface area contributed by atoms with Gasteiger partial charge in [-0.25, -0.2) is 0 Å². The molecule has 2 aliphatic rings. The van der Waals surface area contributed by atoms with E-state index in [1.165, 1.54) is 30.3 Å². The second-order valence-corrected chi connectivity index (χ2v) is 16.4. The van der Waals surface area contributed by atoms with E-state index in [1.54, 1.807) is 0 Å². The normalized spacial score (nSPS) is 16.8. The number of anilines is 1. The van der Waals surface area contributed by atoms with Gasteiger partial charge in [0.15, 0.2) is 5.71 Å². The number of nitrogens with one attached hydrogen (secondary N) is 2. The van der Waals surface area contributed by atoms with Crippen molar-refractivity contribution in [3.05, 3.63) is 87.3 Å². The van der Waals surface area contributed by atoms with E-state index in [-0.39, 0.29) is 40.0 Å². The Balaban J connectivity index is 1.67. The Bertz CT molecular complexity index is 2660. The van der Waals surface area contributed by atoms with Gasteiger partial charge in [-0.15, -0.1) is 5.11 Å². The number of hydrogen-bond donors (Lipinski definition) is 6. The zero-order valence-corrected chi connectivity index (χ0v) is 28.8. The van der Waals surface area contributed by atoms with Crippen LogP contribution in [0, 0.1) is 0 Å². The van der Waals surface area contributed by atoms with Crippen LogP contribution in [0.1, 0.15) is 19.8 Å². The lowest BCUT2D eigenvalue weighted by Gasteiger charge is -2.27. The topological polar surface area (TPSA) is 313 Å². The number of nitrogens with zero attached hydrogens (tertiary/aromatic N) is 3. The lowest BCUT2D eigenvalue weighted by molar-refractivity contribution is -0.118. The molecule has 51 heavy (non-hydrogen) atoms. The van der Waals surface area contributed by atoms with Crippen LogP contribution in [0.5, 0.6) is 0 Å². The second-order valence-electron chi connectivity index (χ2n) is 10.7. The van der Waals surface area contributed by atoms with Crippen LogP contribution in [0.15, 0.2) is 112 Å². The van der Waals surface area contributed by atoms with Crippen LogP contribution in [-0.2, 0) is 50.1 Å². The Labute approximate surface area is 289 Å². The molecular weight excluding hydrogens is 759 g/mol. The molecule has 5 rings (SSSR count). The van der Waals surface area contributed by atoms with Crippen molar-refractivity contribution >= 4 is 85.7 Å². The molecule has 3 aromatic rings. The molecule has 268 valence electrons. The van der Waals surface area contributed by atoms with Crippen LogP contribution in [0.2, 0.25) is 0 Å². The minimum atomic E-state index is -5.33. The molecule has 0 atom stereocenters. The third-order valence-electron chi connectivity index (χ3n) is 7.30. The van der Waals surface area contributed by atoms with Gasteiger partial charge >= 0.3 is 0 Å². The molecule has 3 aromatic carbocycles. The van der Waals surface area contributed by atoms with Crippen LogP contribution in [0.4, 0.5) is 17.1 Å². The Kier molecular flexibility index (Phi) is 9.69. The zero-order valence-electron chi connectivity index (χ0n) is 25.5. The summed E-state index contributed by atoms with van der Waals surface area (Å²) in [5, 5.41) is 14.4. The fourth-order valence-electron chi connectivity index (χ4n) is 5.12. The van der Waals surface area contributed by atoms with E-state index in [9.17, 15) is 56.9 Å². The average molecular weight is 782 g/mol. The maximum Gasteiger partial charge on any atom is 0.296 e. The number of carbonyl (C=O) groups is 2. The van der Waals surface area contributed by atoms with Crippen molar-refractivity contribution < 1.29 is 61.5 Å². The number of azo groups is 1. The zero-order chi connectivity index (χ0) is 37.7. The lowest BCUT2D eigenvalue weighted by Crippen LogP contribution is -2.35. The largest absolute Gasteiger partial charge is 0.329 e. The number of hydrazone groups is 1. The van der Waals surface area contributed by atoms with E-state index >= 15 is 0 Å². The van der Waals surface area contributed by atoms with E-state index in [0.29, 0.717) is 6.08 Å². The Hall–Kier alpha value is -5.01. The van der Waals surface area contributed by atoms with E-state index < -0.39 is 95.0 Å². The van der Waals surface area contributed by atoms with E-state index in [2.05, 4.69) is 26.1 Å². The van der Waals surface area contributed by atoms with Crippen molar-refractivity contribution in [1.82, 2.24) is 5.32 Å². The minimum absolute atomic E-state index is 0.0432. The molecule has 0 radical (unpaired) electrons. The van der Waals surface area contributed by atoms with Gasteiger partial charge in [0.2, 0.25) is 11.7 Å². The summed E-state index contributed by atoms with van der Waals surface area (Å²) < 4.78 is 134. The summed E-state index contributed by atoms with van der Waals surface area (Å²) >= 11 is 0. The van der Waals surface area contributed by atoms with Crippen LogP contribution in [0.25, 0.3) is 10.8 Å². The van der Waals surface area contributed by atoms with Crippen molar-refractivity contribution in [2.45, 2.75) is 29.6 Å². The van der Waals surface area contributed by atoms with Crippen molar-refractivity contribution in [2.24, 2.45) is 15.3 Å². The third kappa shape index (κ3) is 7.99. The molecule has 0 spiro atoms. The molecule has 0 heterocycles. The number of fused-ring (bicyclic) bond motifs is 2. The average Bonchev–Trinajstić information content (AvgIpc) is 3.01. The number of carbonyl (C=O) groups excluding carboxylic acids is 2. The molecule has 0 aromatic heterocycles. The quantitative estimate of drug-likeness (QED) is 0.103. The molecule has 0 bridgehead atoms. The fraction of sp³-hybridized carbons (Fsp3) is 0.107. The number of rotatable bonds is 9. The maximum atomic E-state index is 13.8. The smallest absolute Gasteiger partial charge is 0.296 e. The molecule has 6 N–H and O–H groups in total. The van der Waals surface area contributed by atoms with Gasteiger partial charge in [0.05, 0.1) is 37.3 Å². The SMILES string of the molecule is CC(=O)NC1=C2C(=O)/C(=N\Nc3ccc(/N=N/c4ccc(S(=O)(=O)O)cc4)c4ccc(S(=O)(=O)O)cc34)C(S(=O)(=O)O)=CC2=C(S(=O)(=O)O)CC1. The van der Waals surface area contributed by atoms with Gasteiger partial charge in [0, 0.05) is 29.0 Å². The summed E-state index contributed by atoms with van der Waals surface area (Å²) in [6.07, 6.45) is -0.127. The van der Waals surface area contributed by atoms with Crippen LogP contribution in [-0.4, -0.2) is 69.3 Å². The van der Waals surface area contributed by atoms with E-state index in [0.717, 1.165) is 31.2 Å². The molecule has 23 heteroatoms. The first kappa shape index (κ1) is 37.3. The summed E-state index contributed by atoms with van der Waals surface area (Å²) in [6.45, 7) is 1.09. The fourth-order valence-corrected chi connectivity index (χ4v) is 7.55. The molecule has 19 nitrogen and oxygen atoms in total. The second kappa shape index (κ2) is 13.3. The van der Waals surface area contributed by atoms with Gasteiger partial charge < -0.3 is 5.32 Å². The summed E-state index contributed by atoms with van der Waals surface area (Å²) in [5.41, 5.74) is 0.252. The van der Waals surface area contributed by atoms with Gasteiger partial charge in [-0.1, -0.05) is 6.07 Å². The van der Waals surface area contributed by atoms with Crippen molar-refractivity contribution in [2.75, 3.05) is 5.43 Å². The number of allylic oxidation sites excluding steroid dienone is 6. The predicted molar refractivity (Wildman–Crippen MR) is 179 cm³/mol.